The molecule has 2 heterocycles. The Kier molecular flexibility index (Phi) is 10.7. The van der Waals surface area contributed by atoms with Crippen LogP contribution in [0.3, 0.4) is 0 Å². The van der Waals surface area contributed by atoms with Gasteiger partial charge in [-0.25, -0.2) is 0 Å². The van der Waals surface area contributed by atoms with Gasteiger partial charge in [-0.05, 0) is 72.6 Å². The van der Waals surface area contributed by atoms with Crippen molar-refractivity contribution in [2.24, 2.45) is 14.1 Å². The van der Waals surface area contributed by atoms with Gasteiger partial charge in [0.25, 0.3) is 0 Å². The van der Waals surface area contributed by atoms with Crippen molar-refractivity contribution in [2.45, 2.75) is 26.1 Å². The highest BCUT2D eigenvalue weighted by atomic mass is 35.5. The first-order chi connectivity index (χ1) is 22.3. The monoisotopic (exact) mass is 656 g/mol. The van der Waals surface area contributed by atoms with Crippen LogP contribution in [0.5, 0.6) is 11.5 Å². The molecular formula is C37H34Cl2N2O5. The summed E-state index contributed by atoms with van der Waals surface area (Å²) in [4.78, 5) is 23.0. The van der Waals surface area contributed by atoms with Crippen molar-refractivity contribution in [3.05, 3.63) is 130 Å². The molecule has 0 aliphatic carbocycles. The maximum absolute atomic E-state index is 11.6. The molecule has 0 saturated carbocycles. The van der Waals surface area contributed by atoms with Gasteiger partial charge < -0.3 is 23.3 Å². The van der Waals surface area contributed by atoms with E-state index in [1.165, 1.54) is 7.11 Å². The van der Waals surface area contributed by atoms with Crippen LogP contribution in [0.15, 0.2) is 97.1 Å². The fourth-order valence-corrected chi connectivity index (χ4v) is 5.72. The fourth-order valence-electron chi connectivity index (χ4n) is 5.46. The smallest absolute Gasteiger partial charge is 0.305 e. The number of carbonyl (C=O) groups excluding carboxylic acids is 2. The minimum absolute atomic E-state index is 0.211. The second-order valence-electron chi connectivity index (χ2n) is 10.6. The number of nitrogens with zero attached hydrogens (tertiary/aromatic N) is 2. The van der Waals surface area contributed by atoms with Gasteiger partial charge in [-0.3, -0.25) is 9.59 Å². The molecule has 236 valence electrons. The number of aromatic nitrogens is 2. The molecule has 0 atom stereocenters. The predicted octanol–water partition coefficient (Wildman–Crippen LogP) is 8.74. The molecule has 0 fully saturated rings. The van der Waals surface area contributed by atoms with Gasteiger partial charge in [-0.15, -0.1) is 0 Å². The maximum atomic E-state index is 11.6. The van der Waals surface area contributed by atoms with Crippen LogP contribution >= 0.6 is 23.2 Å². The molecule has 0 unspecified atom stereocenters. The Hall–Kier alpha value is -4.72. The molecule has 0 aliphatic heterocycles. The van der Waals surface area contributed by atoms with E-state index in [0.29, 0.717) is 41.7 Å². The molecule has 0 radical (unpaired) electrons. The summed E-state index contributed by atoms with van der Waals surface area (Å²) in [5, 5.41) is 3.43. The largest absolute Gasteiger partial charge is 0.487 e. The van der Waals surface area contributed by atoms with Crippen LogP contribution in [-0.2, 0) is 43.3 Å². The fraction of sp³-hybridized carbons (Fsp3) is 0.189. The number of aryl methyl sites for hydroxylation is 3. The molecule has 0 aliphatic rings. The van der Waals surface area contributed by atoms with Crippen molar-refractivity contribution in [2.75, 3.05) is 7.11 Å². The lowest BCUT2D eigenvalue weighted by molar-refractivity contribution is -0.140. The number of halogens is 2. The highest BCUT2D eigenvalue weighted by Crippen LogP contribution is 2.29. The van der Waals surface area contributed by atoms with Gasteiger partial charge in [0.1, 0.15) is 24.7 Å². The van der Waals surface area contributed by atoms with Crippen LogP contribution in [0.4, 0.5) is 0 Å². The molecule has 0 saturated heterocycles. The van der Waals surface area contributed by atoms with Gasteiger partial charge in [0.2, 0.25) is 0 Å². The van der Waals surface area contributed by atoms with Crippen molar-refractivity contribution in [1.82, 2.24) is 9.13 Å². The van der Waals surface area contributed by atoms with E-state index in [9.17, 15) is 9.59 Å². The van der Waals surface area contributed by atoms with Crippen molar-refractivity contribution < 1.29 is 23.8 Å². The number of rotatable bonds is 10. The Morgan fingerprint density at radius 2 is 1.17 bits per heavy atom. The summed E-state index contributed by atoms with van der Waals surface area (Å²) in [5.41, 5.74) is 5.87. The Balaban J connectivity index is 0.000000184. The normalized spacial score (nSPS) is 10.8. The Morgan fingerprint density at radius 1 is 0.696 bits per heavy atom. The zero-order valence-corrected chi connectivity index (χ0v) is 27.3. The van der Waals surface area contributed by atoms with Crippen molar-refractivity contribution in [1.29, 1.82) is 0 Å². The van der Waals surface area contributed by atoms with Crippen LogP contribution in [0, 0.1) is 0 Å². The molecule has 0 N–H and O–H groups in total. The van der Waals surface area contributed by atoms with E-state index < -0.39 is 0 Å². The molecule has 6 aromatic rings. The third kappa shape index (κ3) is 7.39. The SMILES string of the molecule is COC(=O)CCc1c(COc2ccc(Cl)cc2)n(C)c2ccccc12.Cn1c(COc2ccc(Cl)cc2)c(C=O)c2ccccc21. The third-order valence-electron chi connectivity index (χ3n) is 7.92. The standard InChI is InChI=1S/C20H20ClNO3.C17H14ClNO2/c1-22-18-6-4-3-5-16(18)17(11-12-20(23)24-2)19(22)13-25-15-9-7-14(21)8-10-15;1-19-16-5-3-2-4-14(16)15(10-20)17(19)11-21-13-8-6-12(18)7-9-13/h3-10H,11-13H2,1-2H3;2-10H,11H2,1H3. The first-order valence-corrected chi connectivity index (χ1v) is 15.5. The van der Waals surface area contributed by atoms with E-state index in [2.05, 4.69) is 16.7 Å². The number of benzene rings is 4. The summed E-state index contributed by atoms with van der Waals surface area (Å²) >= 11 is 11.8. The summed E-state index contributed by atoms with van der Waals surface area (Å²) in [6.45, 7) is 0.754. The zero-order chi connectivity index (χ0) is 32.6. The number of hydrogen-bond donors (Lipinski definition) is 0. The summed E-state index contributed by atoms with van der Waals surface area (Å²) in [6, 6.07) is 30.5. The molecule has 6 rings (SSSR count). The van der Waals surface area contributed by atoms with E-state index in [1.54, 1.807) is 24.3 Å². The summed E-state index contributed by atoms with van der Waals surface area (Å²) in [6.07, 6.45) is 1.86. The summed E-state index contributed by atoms with van der Waals surface area (Å²) in [7, 11) is 5.37. The average molecular weight is 658 g/mol. The molecule has 7 nitrogen and oxygen atoms in total. The number of fused-ring (bicyclic) bond motifs is 2. The van der Waals surface area contributed by atoms with E-state index in [0.717, 1.165) is 56.5 Å². The first kappa shape index (κ1) is 32.7. The number of carbonyl (C=O) groups is 2. The molecule has 0 amide bonds. The van der Waals surface area contributed by atoms with Crippen molar-refractivity contribution in [3.63, 3.8) is 0 Å². The second-order valence-corrected chi connectivity index (χ2v) is 11.5. The summed E-state index contributed by atoms with van der Waals surface area (Å²) in [5.74, 6) is 1.27. The Morgan fingerprint density at radius 3 is 1.72 bits per heavy atom. The first-order valence-electron chi connectivity index (χ1n) is 14.7. The second kappa shape index (κ2) is 15.0. The molecule has 9 heteroatoms. The molecule has 0 bridgehead atoms. The van der Waals surface area contributed by atoms with Gasteiger partial charge in [0.05, 0.1) is 18.5 Å². The molecule has 46 heavy (non-hydrogen) atoms. The lowest BCUT2D eigenvalue weighted by Crippen LogP contribution is -2.07. The van der Waals surface area contributed by atoms with Crippen molar-refractivity contribution >= 4 is 57.3 Å². The quantitative estimate of drug-likeness (QED) is 0.109. The van der Waals surface area contributed by atoms with Crippen LogP contribution in [0.1, 0.15) is 33.7 Å². The number of esters is 1. The Labute approximate surface area is 277 Å². The highest BCUT2D eigenvalue weighted by molar-refractivity contribution is 6.30. The number of methoxy groups -OCH3 is 1. The summed E-state index contributed by atoms with van der Waals surface area (Å²) < 4.78 is 20.6. The lowest BCUT2D eigenvalue weighted by Gasteiger charge is -2.10. The number of ether oxygens (including phenoxy) is 3. The molecule has 2 aromatic heterocycles. The minimum Gasteiger partial charge on any atom is -0.487 e. The van der Waals surface area contributed by atoms with E-state index in [1.807, 2.05) is 79.3 Å². The van der Waals surface area contributed by atoms with Crippen LogP contribution < -0.4 is 9.47 Å². The molecule has 4 aromatic carbocycles. The van der Waals surface area contributed by atoms with Crippen molar-refractivity contribution in [3.8, 4) is 11.5 Å². The van der Waals surface area contributed by atoms with Crippen LogP contribution in [-0.4, -0.2) is 28.5 Å². The van der Waals surface area contributed by atoms with Crippen LogP contribution in [0.2, 0.25) is 10.0 Å². The topological polar surface area (TPSA) is 71.7 Å². The number of hydrogen-bond acceptors (Lipinski definition) is 5. The van der Waals surface area contributed by atoms with Gasteiger partial charge in [-0.1, -0.05) is 59.6 Å². The maximum Gasteiger partial charge on any atom is 0.305 e. The lowest BCUT2D eigenvalue weighted by atomic mass is 10.1. The average Bonchev–Trinajstić information content (AvgIpc) is 3.52. The van der Waals surface area contributed by atoms with Gasteiger partial charge in [0, 0.05) is 57.9 Å². The molecule has 0 spiro atoms. The van der Waals surface area contributed by atoms with E-state index in [4.69, 9.17) is 37.4 Å². The minimum atomic E-state index is -0.211. The Bertz CT molecular complexity index is 1960. The van der Waals surface area contributed by atoms with Crippen LogP contribution in [0.25, 0.3) is 21.8 Å². The molecular weight excluding hydrogens is 623 g/mol. The van der Waals surface area contributed by atoms with Gasteiger partial charge in [0.15, 0.2) is 6.29 Å². The highest BCUT2D eigenvalue weighted by Gasteiger charge is 2.17. The third-order valence-corrected chi connectivity index (χ3v) is 8.42. The van der Waals surface area contributed by atoms with E-state index in [-0.39, 0.29) is 5.97 Å². The van der Waals surface area contributed by atoms with E-state index >= 15 is 0 Å². The van der Waals surface area contributed by atoms with Gasteiger partial charge in [-0.2, -0.15) is 0 Å². The zero-order valence-electron chi connectivity index (χ0n) is 25.8. The van der Waals surface area contributed by atoms with Gasteiger partial charge >= 0.3 is 5.97 Å². The number of aldehydes is 1. The number of para-hydroxylation sites is 2. The predicted molar refractivity (Wildman–Crippen MR) is 183 cm³/mol.